The average Bonchev–Trinajstić information content (AvgIpc) is 3.20. The molecule has 1 aromatic heterocycles. The fourth-order valence-corrected chi connectivity index (χ4v) is 3.84. The highest BCUT2D eigenvalue weighted by Gasteiger charge is 2.43. The number of methoxy groups -OCH3 is 1. The maximum absolute atomic E-state index is 13.1. The van der Waals surface area contributed by atoms with E-state index in [1.165, 1.54) is 0 Å². The number of aromatic amines is 1. The standard InChI is InChI=1S/C19H23N5O3/c1-27-14-4-2-3-13(11-14)16-15(12-22-23-16)17(25)24-9-5-19(6-10-24)18(26)20-7-8-21-19/h2-4,11-12,21H,5-10H2,1H3,(H,20,26)(H,22,23). The highest BCUT2D eigenvalue weighted by molar-refractivity contribution is 6.00. The molecule has 4 rings (SSSR count). The second kappa shape index (κ2) is 7.03. The molecular formula is C19H23N5O3. The molecule has 2 saturated heterocycles. The van der Waals surface area contributed by atoms with Crippen molar-refractivity contribution in [2.24, 2.45) is 0 Å². The van der Waals surface area contributed by atoms with E-state index in [9.17, 15) is 9.59 Å². The van der Waals surface area contributed by atoms with E-state index in [1.807, 2.05) is 24.3 Å². The van der Waals surface area contributed by atoms with E-state index in [0.717, 1.165) is 17.9 Å². The zero-order valence-electron chi connectivity index (χ0n) is 15.2. The van der Waals surface area contributed by atoms with E-state index >= 15 is 0 Å². The molecule has 0 bridgehead atoms. The first kappa shape index (κ1) is 17.5. The van der Waals surface area contributed by atoms with Crippen molar-refractivity contribution in [3.63, 3.8) is 0 Å². The number of H-pyrrole nitrogens is 1. The number of carbonyl (C=O) groups is 2. The molecular weight excluding hydrogens is 346 g/mol. The number of piperidine rings is 1. The third kappa shape index (κ3) is 3.16. The van der Waals surface area contributed by atoms with Gasteiger partial charge in [-0.2, -0.15) is 5.10 Å². The molecule has 2 fully saturated rings. The Hall–Kier alpha value is -2.87. The molecule has 0 radical (unpaired) electrons. The van der Waals surface area contributed by atoms with Crippen molar-refractivity contribution in [3.8, 4) is 17.0 Å². The SMILES string of the molecule is COc1cccc(-c2[nH]ncc2C(=O)N2CCC3(CC2)NCCNC3=O)c1. The third-order valence-corrected chi connectivity index (χ3v) is 5.44. The Morgan fingerprint density at radius 3 is 2.81 bits per heavy atom. The first-order chi connectivity index (χ1) is 13.1. The van der Waals surface area contributed by atoms with Gasteiger partial charge >= 0.3 is 0 Å². The van der Waals surface area contributed by atoms with E-state index in [0.29, 0.717) is 43.7 Å². The van der Waals surface area contributed by atoms with Gasteiger partial charge in [-0.1, -0.05) is 12.1 Å². The van der Waals surface area contributed by atoms with Crippen molar-refractivity contribution < 1.29 is 14.3 Å². The zero-order valence-corrected chi connectivity index (χ0v) is 15.2. The van der Waals surface area contributed by atoms with Crippen LogP contribution in [0.15, 0.2) is 30.5 Å². The Morgan fingerprint density at radius 2 is 2.07 bits per heavy atom. The number of nitrogens with one attached hydrogen (secondary N) is 3. The molecule has 2 aliphatic rings. The summed E-state index contributed by atoms with van der Waals surface area (Å²) in [7, 11) is 1.61. The second-order valence-electron chi connectivity index (χ2n) is 6.95. The van der Waals surface area contributed by atoms with Gasteiger partial charge < -0.3 is 20.3 Å². The lowest BCUT2D eigenvalue weighted by Crippen LogP contribution is -2.66. The van der Waals surface area contributed by atoms with Crippen LogP contribution in [-0.2, 0) is 4.79 Å². The Morgan fingerprint density at radius 1 is 1.26 bits per heavy atom. The number of amides is 2. The summed E-state index contributed by atoms with van der Waals surface area (Å²) in [6, 6.07) is 7.51. The first-order valence-electron chi connectivity index (χ1n) is 9.13. The lowest BCUT2D eigenvalue weighted by molar-refractivity contribution is -0.131. The molecule has 0 saturated carbocycles. The van der Waals surface area contributed by atoms with Crippen molar-refractivity contribution in [1.82, 2.24) is 25.7 Å². The molecule has 0 atom stereocenters. The molecule has 2 aliphatic heterocycles. The van der Waals surface area contributed by atoms with E-state index in [-0.39, 0.29) is 11.8 Å². The average molecular weight is 369 g/mol. The van der Waals surface area contributed by atoms with Gasteiger partial charge in [0.25, 0.3) is 5.91 Å². The number of benzene rings is 1. The molecule has 1 aromatic carbocycles. The van der Waals surface area contributed by atoms with Crippen LogP contribution in [0, 0.1) is 0 Å². The van der Waals surface area contributed by atoms with Crippen LogP contribution in [0.2, 0.25) is 0 Å². The largest absolute Gasteiger partial charge is 0.497 e. The Bertz CT molecular complexity index is 855. The molecule has 3 heterocycles. The van der Waals surface area contributed by atoms with E-state index in [2.05, 4.69) is 20.8 Å². The molecule has 27 heavy (non-hydrogen) atoms. The molecule has 0 unspecified atom stereocenters. The Balaban J connectivity index is 1.52. The fourth-order valence-electron chi connectivity index (χ4n) is 3.84. The van der Waals surface area contributed by atoms with Gasteiger partial charge in [0.05, 0.1) is 24.6 Å². The minimum atomic E-state index is -0.541. The van der Waals surface area contributed by atoms with Gasteiger partial charge in [-0.25, -0.2) is 0 Å². The van der Waals surface area contributed by atoms with Crippen LogP contribution in [0.3, 0.4) is 0 Å². The minimum absolute atomic E-state index is 0.0428. The molecule has 2 amide bonds. The van der Waals surface area contributed by atoms with Gasteiger partial charge in [-0.05, 0) is 25.0 Å². The summed E-state index contributed by atoms with van der Waals surface area (Å²) >= 11 is 0. The number of aromatic nitrogens is 2. The lowest BCUT2D eigenvalue weighted by atomic mass is 9.85. The van der Waals surface area contributed by atoms with Crippen molar-refractivity contribution in [2.75, 3.05) is 33.3 Å². The van der Waals surface area contributed by atoms with E-state index in [4.69, 9.17) is 4.74 Å². The molecule has 1 spiro atoms. The van der Waals surface area contributed by atoms with Crippen molar-refractivity contribution in [1.29, 1.82) is 0 Å². The van der Waals surface area contributed by atoms with Gasteiger partial charge in [-0.15, -0.1) is 0 Å². The third-order valence-electron chi connectivity index (χ3n) is 5.44. The maximum Gasteiger partial charge on any atom is 0.257 e. The zero-order chi connectivity index (χ0) is 18.9. The molecule has 3 N–H and O–H groups in total. The van der Waals surface area contributed by atoms with Crippen LogP contribution < -0.4 is 15.4 Å². The topological polar surface area (TPSA) is 99.3 Å². The van der Waals surface area contributed by atoms with E-state index in [1.54, 1.807) is 18.2 Å². The van der Waals surface area contributed by atoms with Gasteiger partial charge in [0.15, 0.2) is 0 Å². The monoisotopic (exact) mass is 369 g/mol. The minimum Gasteiger partial charge on any atom is -0.497 e. The number of likely N-dealkylation sites (tertiary alicyclic amines) is 1. The molecule has 8 nitrogen and oxygen atoms in total. The number of piperazine rings is 1. The molecule has 142 valence electrons. The number of rotatable bonds is 3. The van der Waals surface area contributed by atoms with Crippen LogP contribution in [0.5, 0.6) is 5.75 Å². The van der Waals surface area contributed by atoms with Crippen LogP contribution in [0.25, 0.3) is 11.3 Å². The number of carbonyl (C=O) groups excluding carboxylic acids is 2. The van der Waals surface area contributed by atoms with Gasteiger partial charge in [0.1, 0.15) is 11.3 Å². The Kier molecular flexibility index (Phi) is 4.57. The second-order valence-corrected chi connectivity index (χ2v) is 6.95. The number of ether oxygens (including phenoxy) is 1. The van der Waals surface area contributed by atoms with Crippen molar-refractivity contribution >= 4 is 11.8 Å². The molecule has 8 heteroatoms. The number of hydrogen-bond donors (Lipinski definition) is 3. The summed E-state index contributed by atoms with van der Waals surface area (Å²) in [5.41, 5.74) is 1.51. The van der Waals surface area contributed by atoms with Crippen LogP contribution in [0.1, 0.15) is 23.2 Å². The van der Waals surface area contributed by atoms with E-state index < -0.39 is 5.54 Å². The fraction of sp³-hybridized carbons (Fsp3) is 0.421. The Labute approximate surface area is 157 Å². The summed E-state index contributed by atoms with van der Waals surface area (Å²) in [6.45, 7) is 2.48. The highest BCUT2D eigenvalue weighted by atomic mass is 16.5. The molecule has 2 aromatic rings. The predicted molar refractivity (Wildman–Crippen MR) is 99.5 cm³/mol. The van der Waals surface area contributed by atoms with Gasteiger partial charge in [-0.3, -0.25) is 14.7 Å². The quantitative estimate of drug-likeness (QED) is 0.743. The predicted octanol–water partition coefficient (Wildman–Crippen LogP) is 0.780. The summed E-state index contributed by atoms with van der Waals surface area (Å²) in [5.74, 6) is 0.684. The lowest BCUT2D eigenvalue weighted by Gasteiger charge is -2.43. The van der Waals surface area contributed by atoms with Crippen LogP contribution in [-0.4, -0.2) is 65.7 Å². The normalized spacial score (nSPS) is 19.0. The maximum atomic E-state index is 13.1. The van der Waals surface area contributed by atoms with Crippen molar-refractivity contribution in [2.45, 2.75) is 18.4 Å². The summed E-state index contributed by atoms with van der Waals surface area (Å²) in [6.07, 6.45) is 2.78. The molecule has 0 aliphatic carbocycles. The number of nitrogens with zero attached hydrogens (tertiary/aromatic N) is 2. The smallest absolute Gasteiger partial charge is 0.257 e. The van der Waals surface area contributed by atoms with Crippen molar-refractivity contribution in [3.05, 3.63) is 36.0 Å². The van der Waals surface area contributed by atoms with Crippen LogP contribution >= 0.6 is 0 Å². The highest BCUT2D eigenvalue weighted by Crippen LogP contribution is 2.29. The van der Waals surface area contributed by atoms with Crippen LogP contribution in [0.4, 0.5) is 0 Å². The summed E-state index contributed by atoms with van der Waals surface area (Å²) < 4.78 is 5.27. The summed E-state index contributed by atoms with van der Waals surface area (Å²) in [4.78, 5) is 27.1. The summed E-state index contributed by atoms with van der Waals surface area (Å²) in [5, 5.41) is 13.3. The first-order valence-corrected chi connectivity index (χ1v) is 9.13. The van der Waals surface area contributed by atoms with Gasteiger partial charge in [0, 0.05) is 31.7 Å². The number of hydrogen-bond acceptors (Lipinski definition) is 5. The van der Waals surface area contributed by atoms with Gasteiger partial charge in [0.2, 0.25) is 5.91 Å².